The second-order valence-electron chi connectivity index (χ2n) is 7.53. The third kappa shape index (κ3) is 3.45. The fourth-order valence-corrected chi connectivity index (χ4v) is 4.63. The summed E-state index contributed by atoms with van der Waals surface area (Å²) in [5, 5.41) is 19.5. The number of anilines is 1. The SMILES string of the molecule is Cc1c(F)c(SCCO)c2[nH]ncc2c1-c1ccc2nc(NC(=O)[C@@H]3C[C@@H]3F)cn2c1. The number of aliphatic hydroxyl groups excluding tert-OH is 1. The van der Waals surface area contributed by atoms with Crippen LogP contribution in [-0.2, 0) is 4.79 Å². The van der Waals surface area contributed by atoms with Crippen LogP contribution in [0.15, 0.2) is 35.6 Å². The Balaban J connectivity index is 1.55. The summed E-state index contributed by atoms with van der Waals surface area (Å²) in [7, 11) is 0. The van der Waals surface area contributed by atoms with E-state index in [4.69, 9.17) is 5.11 Å². The van der Waals surface area contributed by atoms with Crippen molar-refractivity contribution in [2.75, 3.05) is 17.7 Å². The normalized spacial score (nSPS) is 18.1. The molecule has 3 heterocycles. The molecule has 1 aliphatic rings. The van der Waals surface area contributed by atoms with E-state index >= 15 is 4.39 Å². The van der Waals surface area contributed by atoms with Crippen LogP contribution in [0.3, 0.4) is 0 Å². The first-order chi connectivity index (χ1) is 15.0. The zero-order valence-electron chi connectivity index (χ0n) is 16.5. The summed E-state index contributed by atoms with van der Waals surface area (Å²) in [5.41, 5.74) is 3.12. The lowest BCUT2D eigenvalue weighted by molar-refractivity contribution is -0.117. The third-order valence-electron chi connectivity index (χ3n) is 5.42. The number of aliphatic hydroxyl groups is 1. The quantitative estimate of drug-likeness (QED) is 0.395. The zero-order chi connectivity index (χ0) is 21.7. The molecule has 0 radical (unpaired) electrons. The van der Waals surface area contributed by atoms with Gasteiger partial charge in [-0.3, -0.25) is 9.89 Å². The molecule has 0 spiro atoms. The van der Waals surface area contributed by atoms with Crippen molar-refractivity contribution < 1.29 is 18.7 Å². The van der Waals surface area contributed by atoms with E-state index in [1.165, 1.54) is 11.8 Å². The van der Waals surface area contributed by atoms with Crippen molar-refractivity contribution in [3.8, 4) is 11.1 Å². The molecule has 1 fully saturated rings. The fraction of sp³-hybridized carbons (Fsp3) is 0.286. The van der Waals surface area contributed by atoms with E-state index in [2.05, 4.69) is 20.5 Å². The van der Waals surface area contributed by atoms with Gasteiger partial charge in [0.05, 0.1) is 35.3 Å². The van der Waals surface area contributed by atoms with Gasteiger partial charge in [0.25, 0.3) is 0 Å². The number of hydrogen-bond acceptors (Lipinski definition) is 5. The van der Waals surface area contributed by atoms with Crippen LogP contribution in [0, 0.1) is 18.7 Å². The number of fused-ring (bicyclic) bond motifs is 2. The van der Waals surface area contributed by atoms with Crippen molar-refractivity contribution in [1.82, 2.24) is 19.6 Å². The number of carbonyl (C=O) groups is 1. The van der Waals surface area contributed by atoms with Gasteiger partial charge in [-0.1, -0.05) is 0 Å². The second kappa shape index (κ2) is 7.61. The maximum absolute atomic E-state index is 15.2. The van der Waals surface area contributed by atoms with Crippen molar-refractivity contribution in [2.24, 2.45) is 5.92 Å². The maximum atomic E-state index is 15.2. The number of aromatic nitrogens is 4. The summed E-state index contributed by atoms with van der Waals surface area (Å²) in [6.45, 7) is 1.66. The van der Waals surface area contributed by atoms with Crippen LogP contribution in [0.2, 0.25) is 0 Å². The van der Waals surface area contributed by atoms with Gasteiger partial charge < -0.3 is 14.8 Å². The molecule has 160 valence electrons. The van der Waals surface area contributed by atoms with Crippen LogP contribution in [0.4, 0.5) is 14.6 Å². The number of amides is 1. The molecule has 0 saturated heterocycles. The Kier molecular flexibility index (Phi) is 4.90. The first-order valence-corrected chi connectivity index (χ1v) is 10.8. The number of alkyl halides is 1. The van der Waals surface area contributed by atoms with Gasteiger partial charge in [-0.25, -0.2) is 13.8 Å². The van der Waals surface area contributed by atoms with Crippen LogP contribution in [-0.4, -0.2) is 49.1 Å². The van der Waals surface area contributed by atoms with E-state index in [1.807, 2.05) is 12.3 Å². The Labute approximate surface area is 179 Å². The average Bonchev–Trinajstić information content (AvgIpc) is 3.12. The molecule has 2 atom stereocenters. The molecule has 7 nitrogen and oxygen atoms in total. The van der Waals surface area contributed by atoms with E-state index in [9.17, 15) is 9.18 Å². The van der Waals surface area contributed by atoms with Gasteiger partial charge in [0.1, 0.15) is 17.6 Å². The predicted molar refractivity (Wildman–Crippen MR) is 114 cm³/mol. The maximum Gasteiger partial charge on any atom is 0.231 e. The smallest absolute Gasteiger partial charge is 0.231 e. The average molecular weight is 443 g/mol. The Bertz CT molecular complexity index is 1320. The molecular formula is C21H19F2N5O2S. The number of imidazole rings is 1. The van der Waals surface area contributed by atoms with Crippen molar-refractivity contribution in [3.05, 3.63) is 42.1 Å². The molecule has 1 aliphatic carbocycles. The monoisotopic (exact) mass is 443 g/mol. The molecule has 0 unspecified atom stereocenters. The first-order valence-electron chi connectivity index (χ1n) is 9.80. The van der Waals surface area contributed by atoms with Crippen LogP contribution in [0.5, 0.6) is 0 Å². The van der Waals surface area contributed by atoms with Gasteiger partial charge in [0.15, 0.2) is 5.82 Å². The number of hydrogen-bond donors (Lipinski definition) is 3. The third-order valence-corrected chi connectivity index (χ3v) is 6.48. The number of halogens is 2. The highest BCUT2D eigenvalue weighted by molar-refractivity contribution is 7.99. The molecule has 1 amide bonds. The molecule has 0 bridgehead atoms. The van der Waals surface area contributed by atoms with Crippen molar-refractivity contribution in [3.63, 3.8) is 0 Å². The minimum Gasteiger partial charge on any atom is -0.396 e. The van der Waals surface area contributed by atoms with Crippen molar-refractivity contribution >= 4 is 40.0 Å². The summed E-state index contributed by atoms with van der Waals surface area (Å²) in [6, 6.07) is 3.61. The number of aromatic amines is 1. The summed E-state index contributed by atoms with van der Waals surface area (Å²) < 4.78 is 30.0. The lowest BCUT2D eigenvalue weighted by Crippen LogP contribution is -2.15. The van der Waals surface area contributed by atoms with Gasteiger partial charge in [0, 0.05) is 22.9 Å². The number of benzene rings is 1. The highest BCUT2D eigenvalue weighted by Gasteiger charge is 2.43. The Morgan fingerprint density at radius 1 is 1.42 bits per heavy atom. The second-order valence-corrected chi connectivity index (χ2v) is 8.64. The largest absolute Gasteiger partial charge is 0.396 e. The standard InChI is InChI=1S/C21H19F2N5O2S/c1-10-17(13-7-24-27-19(13)20(18(10)23)31-5-4-29)11-2-3-16-25-15(9-28(16)8-11)26-21(30)12-6-14(12)22/h2-3,7-9,12,14,29H,4-6H2,1H3,(H,24,27)(H,26,30)/t12-,14+/m1/s1. The highest BCUT2D eigenvalue weighted by atomic mass is 32.2. The van der Waals surface area contributed by atoms with Crippen molar-refractivity contribution in [1.29, 1.82) is 0 Å². The van der Waals surface area contributed by atoms with Gasteiger partial charge in [0.2, 0.25) is 5.91 Å². The highest BCUT2D eigenvalue weighted by Crippen LogP contribution is 2.39. The summed E-state index contributed by atoms with van der Waals surface area (Å²) >= 11 is 1.24. The molecule has 0 aliphatic heterocycles. The summed E-state index contributed by atoms with van der Waals surface area (Å²) in [6.07, 6.45) is 4.30. The Morgan fingerprint density at radius 2 is 2.23 bits per heavy atom. The molecule has 3 N–H and O–H groups in total. The van der Waals surface area contributed by atoms with Crippen LogP contribution < -0.4 is 5.32 Å². The molecule has 1 aromatic carbocycles. The minimum atomic E-state index is -1.07. The lowest BCUT2D eigenvalue weighted by Gasteiger charge is -2.13. The number of rotatable bonds is 6. The van der Waals surface area contributed by atoms with Crippen LogP contribution in [0.1, 0.15) is 12.0 Å². The topological polar surface area (TPSA) is 95.3 Å². The Morgan fingerprint density at radius 3 is 2.97 bits per heavy atom. The predicted octanol–water partition coefficient (Wildman–Crippen LogP) is 3.71. The lowest BCUT2D eigenvalue weighted by atomic mass is 9.97. The van der Waals surface area contributed by atoms with Gasteiger partial charge in [-0.05, 0) is 36.6 Å². The van der Waals surface area contributed by atoms with E-state index in [1.54, 1.807) is 29.8 Å². The van der Waals surface area contributed by atoms with E-state index in [0.29, 0.717) is 38.8 Å². The van der Waals surface area contributed by atoms with Gasteiger partial charge in [-0.15, -0.1) is 11.8 Å². The fourth-order valence-electron chi connectivity index (χ4n) is 3.75. The first kappa shape index (κ1) is 20.0. The number of pyridine rings is 1. The number of nitrogens with zero attached hydrogens (tertiary/aromatic N) is 3. The molecule has 5 rings (SSSR count). The number of H-pyrrole nitrogens is 1. The molecule has 31 heavy (non-hydrogen) atoms. The van der Waals surface area contributed by atoms with Gasteiger partial charge in [-0.2, -0.15) is 5.10 Å². The van der Waals surface area contributed by atoms with E-state index < -0.39 is 12.1 Å². The number of thioether (sulfide) groups is 1. The Hall–Kier alpha value is -2.98. The van der Waals surface area contributed by atoms with Crippen molar-refractivity contribution in [2.45, 2.75) is 24.4 Å². The minimum absolute atomic E-state index is 0.0521. The molecule has 1 saturated carbocycles. The van der Waals surface area contributed by atoms with E-state index in [0.717, 1.165) is 10.9 Å². The molecule has 10 heteroatoms. The van der Waals surface area contributed by atoms with Crippen LogP contribution >= 0.6 is 11.8 Å². The number of carbonyl (C=O) groups excluding carboxylic acids is 1. The van der Waals surface area contributed by atoms with Gasteiger partial charge >= 0.3 is 0 Å². The summed E-state index contributed by atoms with van der Waals surface area (Å²) in [4.78, 5) is 16.8. The summed E-state index contributed by atoms with van der Waals surface area (Å²) in [5.74, 6) is -0.598. The number of nitrogens with one attached hydrogen (secondary N) is 2. The molecule has 3 aromatic heterocycles. The molecule has 4 aromatic rings. The molecular weight excluding hydrogens is 424 g/mol. The zero-order valence-corrected chi connectivity index (χ0v) is 17.3. The van der Waals surface area contributed by atoms with E-state index in [-0.39, 0.29) is 24.8 Å². The van der Waals surface area contributed by atoms with Crippen LogP contribution in [0.25, 0.3) is 27.7 Å².